The van der Waals surface area contributed by atoms with Crippen LogP contribution < -0.4 is 14.8 Å². The van der Waals surface area contributed by atoms with E-state index in [1.165, 1.54) is 13.2 Å². The van der Waals surface area contributed by atoms with Crippen molar-refractivity contribution in [2.75, 3.05) is 20.8 Å². The van der Waals surface area contributed by atoms with Gasteiger partial charge in [-0.25, -0.2) is 4.39 Å². The molecule has 0 saturated carbocycles. The number of hydrogen-bond acceptors (Lipinski definition) is 3. The molecule has 1 saturated heterocycles. The van der Waals surface area contributed by atoms with Gasteiger partial charge in [0, 0.05) is 11.6 Å². The minimum Gasteiger partial charge on any atom is -0.492 e. The molecule has 1 atom stereocenters. The molecule has 0 aromatic heterocycles. The van der Waals surface area contributed by atoms with Crippen molar-refractivity contribution in [1.29, 1.82) is 0 Å². The lowest BCUT2D eigenvalue weighted by Crippen LogP contribution is -2.24. The first-order chi connectivity index (χ1) is 8.67. The zero-order chi connectivity index (χ0) is 13.1. The molecule has 1 aliphatic rings. The van der Waals surface area contributed by atoms with E-state index in [0.717, 1.165) is 19.4 Å². The van der Waals surface area contributed by atoms with Crippen LogP contribution in [0, 0.1) is 5.82 Å². The second-order valence-corrected chi connectivity index (χ2v) is 5.24. The number of methoxy groups -OCH3 is 2. The van der Waals surface area contributed by atoms with E-state index >= 15 is 0 Å². The van der Waals surface area contributed by atoms with E-state index in [9.17, 15) is 4.39 Å². The highest BCUT2D eigenvalue weighted by atomic mass is 79.9. The predicted molar refractivity (Wildman–Crippen MR) is 71.9 cm³/mol. The van der Waals surface area contributed by atoms with Gasteiger partial charge in [0.05, 0.1) is 18.7 Å². The lowest BCUT2D eigenvalue weighted by molar-refractivity contribution is 0.344. The van der Waals surface area contributed by atoms with Crippen LogP contribution in [0.5, 0.6) is 11.5 Å². The first-order valence-corrected chi connectivity index (χ1v) is 6.79. The molecule has 0 aliphatic carbocycles. The summed E-state index contributed by atoms with van der Waals surface area (Å²) in [6.45, 7) is 1.00. The summed E-state index contributed by atoms with van der Waals surface area (Å²) < 4.78 is 25.2. The van der Waals surface area contributed by atoms with Crippen LogP contribution in [0.1, 0.15) is 18.4 Å². The highest BCUT2D eigenvalue weighted by Gasteiger charge is 2.23. The zero-order valence-electron chi connectivity index (χ0n) is 10.6. The molecule has 18 heavy (non-hydrogen) atoms. The van der Waals surface area contributed by atoms with Gasteiger partial charge in [-0.05, 0) is 47.8 Å². The van der Waals surface area contributed by atoms with Crippen LogP contribution in [-0.2, 0) is 6.42 Å². The summed E-state index contributed by atoms with van der Waals surface area (Å²) in [5.74, 6) is 0.776. The van der Waals surface area contributed by atoms with Crippen LogP contribution in [0.4, 0.5) is 4.39 Å². The third kappa shape index (κ3) is 2.62. The third-order valence-electron chi connectivity index (χ3n) is 3.26. The van der Waals surface area contributed by atoms with Gasteiger partial charge in [-0.2, -0.15) is 0 Å². The van der Waals surface area contributed by atoms with Gasteiger partial charge < -0.3 is 14.8 Å². The van der Waals surface area contributed by atoms with Crippen molar-refractivity contribution in [2.24, 2.45) is 0 Å². The molecule has 1 unspecified atom stereocenters. The van der Waals surface area contributed by atoms with Crippen molar-refractivity contribution in [1.82, 2.24) is 5.32 Å². The zero-order valence-corrected chi connectivity index (χ0v) is 12.1. The van der Waals surface area contributed by atoms with E-state index in [1.54, 1.807) is 7.11 Å². The van der Waals surface area contributed by atoms with Gasteiger partial charge in [-0.3, -0.25) is 0 Å². The molecule has 1 aromatic carbocycles. The highest BCUT2D eigenvalue weighted by molar-refractivity contribution is 9.10. The summed E-state index contributed by atoms with van der Waals surface area (Å²) in [6, 6.07) is 1.75. The van der Waals surface area contributed by atoms with E-state index in [-0.39, 0.29) is 5.82 Å². The summed E-state index contributed by atoms with van der Waals surface area (Å²) in [4.78, 5) is 0. The molecule has 2 rings (SSSR count). The lowest BCUT2D eigenvalue weighted by atomic mass is 10.0. The summed E-state index contributed by atoms with van der Waals surface area (Å²) in [7, 11) is 3.09. The Bertz CT molecular complexity index is 433. The van der Waals surface area contributed by atoms with Gasteiger partial charge in [-0.1, -0.05) is 0 Å². The molecule has 0 bridgehead atoms. The van der Waals surface area contributed by atoms with Crippen molar-refractivity contribution < 1.29 is 13.9 Å². The Balaban J connectivity index is 2.37. The Hall–Kier alpha value is -0.810. The van der Waals surface area contributed by atoms with Gasteiger partial charge in [-0.15, -0.1) is 0 Å². The van der Waals surface area contributed by atoms with Crippen LogP contribution in [0.25, 0.3) is 0 Å². The molecule has 5 heteroatoms. The molecule has 1 fully saturated rings. The van der Waals surface area contributed by atoms with Crippen molar-refractivity contribution in [3.05, 3.63) is 21.9 Å². The topological polar surface area (TPSA) is 30.5 Å². The van der Waals surface area contributed by atoms with Gasteiger partial charge in [0.1, 0.15) is 5.82 Å². The molecular weight excluding hydrogens is 301 g/mol. The van der Waals surface area contributed by atoms with Crippen molar-refractivity contribution in [2.45, 2.75) is 25.3 Å². The maximum Gasteiger partial charge on any atom is 0.175 e. The molecule has 1 aromatic rings. The number of rotatable bonds is 4. The maximum atomic E-state index is 14.1. The van der Waals surface area contributed by atoms with Gasteiger partial charge >= 0.3 is 0 Å². The standard InChI is InChI=1S/C13H17BrFNO2/c1-17-12-9(6-8-4-3-5-16-8)11(15)7-10(14)13(12)18-2/h7-8,16H,3-6H2,1-2H3. The fraction of sp³-hybridized carbons (Fsp3) is 0.538. The number of benzene rings is 1. The highest BCUT2D eigenvalue weighted by Crippen LogP contribution is 2.40. The van der Waals surface area contributed by atoms with E-state index in [1.807, 2.05) is 0 Å². The van der Waals surface area contributed by atoms with E-state index < -0.39 is 0 Å². The SMILES string of the molecule is COc1c(Br)cc(F)c(CC2CCCN2)c1OC. The largest absolute Gasteiger partial charge is 0.492 e. The van der Waals surface area contributed by atoms with E-state index in [2.05, 4.69) is 21.2 Å². The normalized spacial score (nSPS) is 19.0. The summed E-state index contributed by atoms with van der Waals surface area (Å²) in [6.07, 6.45) is 2.84. The molecule has 0 amide bonds. The second kappa shape index (κ2) is 5.89. The van der Waals surface area contributed by atoms with Crippen molar-refractivity contribution in [3.63, 3.8) is 0 Å². The quantitative estimate of drug-likeness (QED) is 0.926. The Morgan fingerprint density at radius 1 is 1.39 bits per heavy atom. The Labute approximate surface area is 115 Å². The lowest BCUT2D eigenvalue weighted by Gasteiger charge is -2.17. The van der Waals surface area contributed by atoms with Crippen molar-refractivity contribution in [3.8, 4) is 11.5 Å². The predicted octanol–water partition coefficient (Wildman–Crippen LogP) is 2.90. The van der Waals surface area contributed by atoms with Gasteiger partial charge in [0.15, 0.2) is 11.5 Å². The summed E-state index contributed by atoms with van der Waals surface area (Å²) in [5, 5.41) is 3.36. The maximum absolute atomic E-state index is 14.1. The Morgan fingerprint density at radius 2 is 2.11 bits per heavy atom. The van der Waals surface area contributed by atoms with E-state index in [0.29, 0.717) is 34.0 Å². The van der Waals surface area contributed by atoms with E-state index in [4.69, 9.17) is 9.47 Å². The molecule has 100 valence electrons. The molecule has 1 N–H and O–H groups in total. The molecular formula is C13H17BrFNO2. The van der Waals surface area contributed by atoms with Crippen molar-refractivity contribution >= 4 is 15.9 Å². The molecule has 0 spiro atoms. The van der Waals surface area contributed by atoms with Gasteiger partial charge in [0.2, 0.25) is 0 Å². The average molecular weight is 318 g/mol. The first kappa shape index (κ1) is 13.6. The summed E-state index contributed by atoms with van der Waals surface area (Å²) >= 11 is 3.29. The molecule has 1 heterocycles. The Morgan fingerprint density at radius 3 is 2.67 bits per heavy atom. The van der Waals surface area contributed by atoms with Crippen LogP contribution in [-0.4, -0.2) is 26.8 Å². The van der Waals surface area contributed by atoms with Crippen LogP contribution >= 0.6 is 15.9 Å². The molecule has 1 aliphatic heterocycles. The monoisotopic (exact) mass is 317 g/mol. The third-order valence-corrected chi connectivity index (χ3v) is 3.85. The number of hydrogen-bond donors (Lipinski definition) is 1. The van der Waals surface area contributed by atoms with Crippen LogP contribution in [0.15, 0.2) is 10.5 Å². The summed E-state index contributed by atoms with van der Waals surface area (Å²) in [5.41, 5.74) is 0.581. The van der Waals surface area contributed by atoms with Crippen LogP contribution in [0.3, 0.4) is 0 Å². The van der Waals surface area contributed by atoms with Crippen LogP contribution in [0.2, 0.25) is 0 Å². The minimum atomic E-state index is -0.256. The number of ether oxygens (including phenoxy) is 2. The number of halogens is 2. The minimum absolute atomic E-state index is 0.256. The Kier molecular flexibility index (Phi) is 4.45. The average Bonchev–Trinajstić information content (AvgIpc) is 2.84. The number of nitrogens with one attached hydrogen (secondary N) is 1. The molecule has 3 nitrogen and oxygen atoms in total. The first-order valence-electron chi connectivity index (χ1n) is 5.99. The fourth-order valence-corrected chi connectivity index (χ4v) is 2.93. The van der Waals surface area contributed by atoms with Gasteiger partial charge in [0.25, 0.3) is 0 Å². The second-order valence-electron chi connectivity index (χ2n) is 4.38. The smallest absolute Gasteiger partial charge is 0.175 e. The molecule has 0 radical (unpaired) electrons. The fourth-order valence-electron chi connectivity index (χ4n) is 2.39.